The molecule has 1 N–H and O–H groups in total. The molecule has 1 aliphatic heterocycles. The molecule has 25 heavy (non-hydrogen) atoms. The van der Waals surface area contributed by atoms with E-state index < -0.39 is 10.7 Å². The molecule has 0 spiro atoms. The van der Waals surface area contributed by atoms with Gasteiger partial charge in [-0.15, -0.1) is 0 Å². The van der Waals surface area contributed by atoms with Crippen molar-refractivity contribution in [2.24, 2.45) is 0 Å². The Morgan fingerprint density at radius 3 is 2.52 bits per heavy atom. The highest BCUT2D eigenvalue weighted by Gasteiger charge is 2.28. The first-order valence-corrected chi connectivity index (χ1v) is 7.68. The summed E-state index contributed by atoms with van der Waals surface area (Å²) in [5.74, 6) is 0.643. The number of hydrogen-bond donors (Lipinski definition) is 1. The van der Waals surface area contributed by atoms with Gasteiger partial charge in [-0.1, -0.05) is 0 Å². The number of ether oxygens (including phenoxy) is 2. The summed E-state index contributed by atoms with van der Waals surface area (Å²) in [6.07, 6.45) is 2.06. The number of fused-ring (bicyclic) bond motifs is 2. The topological polar surface area (TPSA) is 98.9 Å². The molecular weight excluding hydrogens is 326 g/mol. The normalized spacial score (nSPS) is 16.8. The number of hydrogen-bond acceptors (Lipinski definition) is 6. The zero-order valence-corrected chi connectivity index (χ0v) is 13.0. The van der Waals surface area contributed by atoms with Crippen molar-refractivity contribution in [1.82, 2.24) is 0 Å². The zero-order chi connectivity index (χ0) is 17.6. The molecule has 1 heterocycles. The van der Waals surface area contributed by atoms with Crippen molar-refractivity contribution < 1.29 is 24.3 Å². The fourth-order valence-corrected chi connectivity index (χ4v) is 3.05. The molecule has 126 valence electrons. The van der Waals surface area contributed by atoms with Gasteiger partial charge < -0.3 is 14.6 Å². The number of allylic oxidation sites excluding steroid dienone is 1. The van der Waals surface area contributed by atoms with Gasteiger partial charge in [-0.2, -0.15) is 0 Å². The number of carbonyl (C=O) groups excluding carboxylic acids is 1. The number of benzene rings is 2. The lowest BCUT2D eigenvalue weighted by atomic mass is 10.1. The molecule has 0 fully saturated rings. The third kappa shape index (κ3) is 2.59. The van der Waals surface area contributed by atoms with E-state index in [9.17, 15) is 20.0 Å². The summed E-state index contributed by atoms with van der Waals surface area (Å²) in [6.45, 7) is 0.926. The molecule has 7 nitrogen and oxygen atoms in total. The summed E-state index contributed by atoms with van der Waals surface area (Å²) >= 11 is 0. The van der Waals surface area contributed by atoms with Crippen LogP contribution in [0.3, 0.4) is 0 Å². The van der Waals surface area contributed by atoms with E-state index >= 15 is 0 Å². The lowest BCUT2D eigenvalue weighted by molar-refractivity contribution is -0.385. The Balaban J connectivity index is 1.68. The Morgan fingerprint density at radius 1 is 1.12 bits per heavy atom. The summed E-state index contributed by atoms with van der Waals surface area (Å²) in [4.78, 5) is 22.7. The predicted molar refractivity (Wildman–Crippen MR) is 88.2 cm³/mol. The third-order valence-corrected chi connectivity index (χ3v) is 4.22. The van der Waals surface area contributed by atoms with Gasteiger partial charge in [-0.3, -0.25) is 14.9 Å². The van der Waals surface area contributed by atoms with Crippen LogP contribution in [0.5, 0.6) is 17.2 Å². The summed E-state index contributed by atoms with van der Waals surface area (Å²) < 4.78 is 11.0. The van der Waals surface area contributed by atoms with Crippen LogP contribution in [-0.4, -0.2) is 29.0 Å². The molecule has 4 rings (SSSR count). The highest BCUT2D eigenvalue weighted by Crippen LogP contribution is 2.38. The van der Waals surface area contributed by atoms with Crippen LogP contribution >= 0.6 is 0 Å². The van der Waals surface area contributed by atoms with Crippen molar-refractivity contribution in [1.29, 1.82) is 0 Å². The van der Waals surface area contributed by atoms with E-state index in [-0.39, 0.29) is 11.5 Å². The van der Waals surface area contributed by atoms with Gasteiger partial charge in [0.15, 0.2) is 23.0 Å². The molecule has 2 aromatic rings. The van der Waals surface area contributed by atoms with E-state index in [0.29, 0.717) is 47.8 Å². The van der Waals surface area contributed by atoms with E-state index in [4.69, 9.17) is 9.47 Å². The van der Waals surface area contributed by atoms with E-state index in [1.54, 1.807) is 12.1 Å². The van der Waals surface area contributed by atoms with Crippen LogP contribution in [0.25, 0.3) is 6.08 Å². The molecule has 0 aromatic heterocycles. The molecule has 0 saturated carbocycles. The Hall–Kier alpha value is -3.35. The van der Waals surface area contributed by atoms with Crippen molar-refractivity contribution in [3.8, 4) is 17.2 Å². The van der Waals surface area contributed by atoms with Gasteiger partial charge >= 0.3 is 5.69 Å². The van der Waals surface area contributed by atoms with Crippen molar-refractivity contribution in [3.63, 3.8) is 0 Å². The summed E-state index contributed by atoms with van der Waals surface area (Å²) in [5.41, 5.74) is 2.13. The van der Waals surface area contributed by atoms with Crippen LogP contribution < -0.4 is 9.47 Å². The highest BCUT2D eigenvalue weighted by molar-refractivity contribution is 6.16. The van der Waals surface area contributed by atoms with E-state index in [1.165, 1.54) is 18.2 Å². The molecule has 0 saturated heterocycles. The van der Waals surface area contributed by atoms with E-state index in [0.717, 1.165) is 5.56 Å². The molecule has 0 atom stereocenters. The largest absolute Gasteiger partial charge is 0.502 e. The number of Topliss-reactive ketones (excluding diaryl/α,β-unsaturated/α-hetero) is 1. The molecular formula is C18H13NO6. The molecule has 2 aromatic carbocycles. The van der Waals surface area contributed by atoms with Gasteiger partial charge in [0.05, 0.1) is 4.92 Å². The monoisotopic (exact) mass is 339 g/mol. The second-order valence-electron chi connectivity index (χ2n) is 5.83. The molecule has 2 aliphatic rings. The van der Waals surface area contributed by atoms with Gasteiger partial charge in [0, 0.05) is 23.6 Å². The van der Waals surface area contributed by atoms with E-state index in [2.05, 4.69) is 0 Å². The van der Waals surface area contributed by atoms with Crippen LogP contribution in [0, 0.1) is 10.1 Å². The van der Waals surface area contributed by atoms with Gasteiger partial charge in [0.1, 0.15) is 13.2 Å². The lowest BCUT2D eigenvalue weighted by Gasteiger charge is -2.18. The van der Waals surface area contributed by atoms with Crippen molar-refractivity contribution in [2.45, 2.75) is 6.42 Å². The first-order valence-electron chi connectivity index (χ1n) is 7.68. The standard InChI is InChI=1S/C18H13NO6/c20-15-6-10(1-2-14(15)19(22)23)5-12-7-11-8-16-17(25-4-3-24-16)9-13(11)18(12)21/h1-2,5-6,8-9,20H,3-4,7H2. The number of nitro groups is 1. The SMILES string of the molecule is O=C1C(=Cc2ccc([N+](=O)[O-])c(O)c2)Cc2cc3c(cc21)OCCO3. The smallest absolute Gasteiger partial charge is 0.310 e. The predicted octanol–water partition coefficient (Wildman–Crippen LogP) is 2.89. The molecule has 7 heteroatoms. The van der Waals surface area contributed by atoms with Crippen LogP contribution in [0.2, 0.25) is 0 Å². The van der Waals surface area contributed by atoms with Crippen LogP contribution in [0.15, 0.2) is 35.9 Å². The minimum Gasteiger partial charge on any atom is -0.502 e. The number of phenolic OH excluding ortho intramolecular Hbond substituents is 1. The molecule has 1 aliphatic carbocycles. The van der Waals surface area contributed by atoms with Crippen LogP contribution in [0.4, 0.5) is 5.69 Å². The third-order valence-electron chi connectivity index (χ3n) is 4.22. The number of aromatic hydroxyl groups is 1. The average Bonchev–Trinajstić information content (AvgIpc) is 2.88. The first kappa shape index (κ1) is 15.2. The molecule has 0 radical (unpaired) electrons. The number of nitro benzene ring substituents is 1. The van der Waals surface area contributed by atoms with Gasteiger partial charge in [0.25, 0.3) is 0 Å². The lowest BCUT2D eigenvalue weighted by Crippen LogP contribution is -2.15. The van der Waals surface area contributed by atoms with E-state index in [1.807, 2.05) is 6.07 Å². The molecule has 0 bridgehead atoms. The van der Waals surface area contributed by atoms with Crippen molar-refractivity contribution in [3.05, 3.63) is 62.7 Å². The molecule has 0 amide bonds. The minimum absolute atomic E-state index is 0.121. The number of phenols is 1. The fourth-order valence-electron chi connectivity index (χ4n) is 3.05. The fraction of sp³-hybridized carbons (Fsp3) is 0.167. The first-order chi connectivity index (χ1) is 12.0. The van der Waals surface area contributed by atoms with Gasteiger partial charge in [-0.25, -0.2) is 0 Å². The second-order valence-corrected chi connectivity index (χ2v) is 5.83. The summed E-state index contributed by atoms with van der Waals surface area (Å²) in [6, 6.07) is 7.50. The maximum Gasteiger partial charge on any atom is 0.310 e. The highest BCUT2D eigenvalue weighted by atomic mass is 16.6. The molecule has 0 unspecified atom stereocenters. The maximum atomic E-state index is 12.6. The number of nitrogens with zero attached hydrogens (tertiary/aromatic N) is 1. The minimum atomic E-state index is -0.659. The van der Waals surface area contributed by atoms with Gasteiger partial charge in [0.2, 0.25) is 0 Å². The quantitative estimate of drug-likeness (QED) is 0.513. The number of carbonyl (C=O) groups is 1. The second kappa shape index (κ2) is 5.62. The Morgan fingerprint density at radius 2 is 1.84 bits per heavy atom. The number of rotatable bonds is 2. The Kier molecular flexibility index (Phi) is 3.42. The Bertz CT molecular complexity index is 947. The van der Waals surface area contributed by atoms with Crippen LogP contribution in [-0.2, 0) is 6.42 Å². The zero-order valence-electron chi connectivity index (χ0n) is 13.0. The van der Waals surface area contributed by atoms with Gasteiger partial charge in [-0.05, 0) is 41.5 Å². The Labute approximate surface area is 142 Å². The van der Waals surface area contributed by atoms with Crippen molar-refractivity contribution in [2.75, 3.05) is 13.2 Å². The summed E-state index contributed by atoms with van der Waals surface area (Å²) in [7, 11) is 0. The maximum absolute atomic E-state index is 12.6. The summed E-state index contributed by atoms with van der Waals surface area (Å²) in [5, 5.41) is 20.5. The number of ketones is 1. The average molecular weight is 339 g/mol. The van der Waals surface area contributed by atoms with Crippen LogP contribution in [0.1, 0.15) is 21.5 Å². The van der Waals surface area contributed by atoms with Crippen molar-refractivity contribution >= 4 is 17.5 Å².